The van der Waals surface area contributed by atoms with Crippen LogP contribution in [0.1, 0.15) is 51.4 Å². The van der Waals surface area contributed by atoms with Crippen molar-refractivity contribution >= 4 is 11.9 Å². The van der Waals surface area contributed by atoms with E-state index in [1.807, 2.05) is 0 Å². The molecule has 0 bridgehead atoms. The highest BCUT2D eigenvalue weighted by atomic mass is 16.5. The molecule has 2 N–H and O–H groups in total. The summed E-state index contributed by atoms with van der Waals surface area (Å²) in [6, 6.07) is 0. The van der Waals surface area contributed by atoms with Crippen LogP contribution in [-0.4, -0.2) is 64.4 Å². The predicted octanol–water partition coefficient (Wildman–Crippen LogP) is -1.01. The van der Waals surface area contributed by atoms with Gasteiger partial charge in [-0.25, -0.2) is 0 Å². The first kappa shape index (κ1) is 19.2. The Morgan fingerprint density at radius 3 is 1.62 bits per heavy atom. The van der Waals surface area contributed by atoms with E-state index in [1.165, 1.54) is 9.80 Å². The van der Waals surface area contributed by atoms with E-state index in [4.69, 9.17) is 9.47 Å². The molecular weight excluding hydrogens is 308 g/mol. The number of nitrogens with one attached hydrogen (secondary N) is 2. The molecule has 0 spiro atoms. The Labute approximate surface area is 145 Å². The van der Waals surface area contributed by atoms with Gasteiger partial charge in [-0.3, -0.25) is 9.59 Å². The maximum atomic E-state index is 11.9. The van der Waals surface area contributed by atoms with E-state index in [-0.39, 0.29) is 24.1 Å². The third-order valence-corrected chi connectivity index (χ3v) is 5.02. The number of ether oxygens (including phenoxy) is 2. The number of carbonyl (C=O) groups is 2. The lowest BCUT2D eigenvalue weighted by Crippen LogP contribution is -3.11. The molecule has 138 valence electrons. The SMILES string of the molecule is C[NH+]1CCC[C@@H](OC(=O)CCCCC(=O)O[C@@H]2CCC[NH+](C)C2)C1. The lowest BCUT2D eigenvalue weighted by Gasteiger charge is -2.27. The maximum absolute atomic E-state index is 11.9. The number of piperidine rings is 2. The second-order valence-corrected chi connectivity index (χ2v) is 7.54. The topological polar surface area (TPSA) is 61.5 Å². The molecule has 2 aliphatic heterocycles. The van der Waals surface area contributed by atoms with Crippen molar-refractivity contribution in [1.29, 1.82) is 0 Å². The Kier molecular flexibility index (Phi) is 7.99. The molecule has 0 aliphatic carbocycles. The van der Waals surface area contributed by atoms with Gasteiger partial charge < -0.3 is 19.3 Å². The van der Waals surface area contributed by atoms with E-state index in [9.17, 15) is 9.59 Å². The number of likely N-dealkylation sites (tertiary alicyclic amines) is 2. The first-order valence-corrected chi connectivity index (χ1v) is 9.54. The van der Waals surface area contributed by atoms with Gasteiger partial charge in [0.05, 0.1) is 27.2 Å². The third kappa shape index (κ3) is 7.18. The van der Waals surface area contributed by atoms with E-state index in [0.29, 0.717) is 25.7 Å². The summed E-state index contributed by atoms with van der Waals surface area (Å²) in [5, 5.41) is 0. The van der Waals surface area contributed by atoms with Gasteiger partial charge in [0, 0.05) is 25.7 Å². The molecule has 2 fully saturated rings. The number of hydrogen-bond donors (Lipinski definition) is 2. The number of likely N-dealkylation sites (N-methyl/N-ethyl adjacent to an activating group) is 2. The number of unbranched alkanes of at least 4 members (excludes halogenated alkanes) is 1. The van der Waals surface area contributed by atoms with Crippen molar-refractivity contribution in [3.8, 4) is 0 Å². The van der Waals surface area contributed by atoms with Gasteiger partial charge >= 0.3 is 11.9 Å². The van der Waals surface area contributed by atoms with Gasteiger partial charge in [-0.15, -0.1) is 0 Å². The molecule has 2 saturated heterocycles. The maximum Gasteiger partial charge on any atom is 0.306 e. The predicted molar refractivity (Wildman–Crippen MR) is 89.9 cm³/mol. The van der Waals surface area contributed by atoms with Crippen LogP contribution in [0.5, 0.6) is 0 Å². The summed E-state index contributed by atoms with van der Waals surface area (Å²) in [6.45, 7) is 4.15. The molecule has 6 heteroatoms. The zero-order valence-electron chi connectivity index (χ0n) is 15.3. The summed E-state index contributed by atoms with van der Waals surface area (Å²) in [7, 11) is 4.27. The molecule has 0 amide bonds. The van der Waals surface area contributed by atoms with Crippen LogP contribution in [0, 0.1) is 0 Å². The highest BCUT2D eigenvalue weighted by Crippen LogP contribution is 2.10. The van der Waals surface area contributed by atoms with E-state index >= 15 is 0 Å². The molecule has 4 atom stereocenters. The van der Waals surface area contributed by atoms with Gasteiger partial charge in [0.2, 0.25) is 0 Å². The van der Waals surface area contributed by atoms with Crippen LogP contribution in [0.2, 0.25) is 0 Å². The minimum Gasteiger partial charge on any atom is -0.456 e. The molecule has 0 saturated carbocycles. The molecule has 2 aliphatic rings. The summed E-state index contributed by atoms with van der Waals surface area (Å²) in [5.74, 6) is -0.249. The molecule has 0 aromatic rings. The standard InChI is InChI=1S/C18H32N2O4/c1-19-11-5-7-15(13-19)23-17(21)9-3-4-10-18(22)24-16-8-6-12-20(2)14-16/h15-16H,3-14H2,1-2H3/p+2/t15-,16-/m1/s1. The molecule has 0 aromatic heterocycles. The Morgan fingerprint density at radius 2 is 1.25 bits per heavy atom. The first-order valence-electron chi connectivity index (χ1n) is 9.54. The molecule has 0 aromatic carbocycles. The van der Waals surface area contributed by atoms with E-state index in [0.717, 1.165) is 51.9 Å². The van der Waals surface area contributed by atoms with Crippen LogP contribution in [-0.2, 0) is 19.1 Å². The number of carbonyl (C=O) groups excluding carboxylic acids is 2. The Hall–Kier alpha value is -1.14. The normalized spacial score (nSPS) is 30.6. The Morgan fingerprint density at radius 1 is 0.833 bits per heavy atom. The Balaban J connectivity index is 1.52. The lowest BCUT2D eigenvalue weighted by atomic mass is 10.1. The quantitative estimate of drug-likeness (QED) is 0.460. The summed E-state index contributed by atoms with van der Waals surface area (Å²) >= 11 is 0. The zero-order valence-corrected chi connectivity index (χ0v) is 15.3. The average molecular weight is 342 g/mol. The minimum absolute atomic E-state index is 0.0713. The lowest BCUT2D eigenvalue weighted by molar-refractivity contribution is -0.888. The Bertz CT molecular complexity index is 378. The summed E-state index contributed by atoms with van der Waals surface area (Å²) in [6.07, 6.45) is 6.53. The molecule has 0 radical (unpaired) electrons. The van der Waals surface area contributed by atoms with Crippen molar-refractivity contribution in [2.24, 2.45) is 0 Å². The van der Waals surface area contributed by atoms with Gasteiger partial charge in [0.25, 0.3) is 0 Å². The fraction of sp³-hybridized carbons (Fsp3) is 0.889. The van der Waals surface area contributed by atoms with Crippen LogP contribution in [0.4, 0.5) is 0 Å². The van der Waals surface area contributed by atoms with Crippen molar-refractivity contribution in [3.63, 3.8) is 0 Å². The van der Waals surface area contributed by atoms with Crippen molar-refractivity contribution < 1.29 is 28.9 Å². The van der Waals surface area contributed by atoms with Crippen LogP contribution >= 0.6 is 0 Å². The smallest absolute Gasteiger partial charge is 0.306 e. The number of hydrogen-bond acceptors (Lipinski definition) is 4. The molecule has 2 heterocycles. The van der Waals surface area contributed by atoms with Crippen molar-refractivity contribution in [1.82, 2.24) is 0 Å². The minimum atomic E-state index is -0.124. The molecular formula is C18H34N2O4+2. The van der Waals surface area contributed by atoms with E-state index in [1.54, 1.807) is 0 Å². The van der Waals surface area contributed by atoms with Crippen molar-refractivity contribution in [2.45, 2.75) is 63.6 Å². The summed E-state index contributed by atoms with van der Waals surface area (Å²) < 4.78 is 11.0. The molecule has 2 unspecified atom stereocenters. The van der Waals surface area contributed by atoms with Crippen LogP contribution in [0.15, 0.2) is 0 Å². The number of quaternary nitrogens is 2. The average Bonchev–Trinajstić information content (AvgIpc) is 2.51. The van der Waals surface area contributed by atoms with Gasteiger partial charge in [-0.05, 0) is 25.7 Å². The van der Waals surface area contributed by atoms with Crippen molar-refractivity contribution in [2.75, 3.05) is 40.3 Å². The monoisotopic (exact) mass is 342 g/mol. The molecule has 24 heavy (non-hydrogen) atoms. The molecule has 2 rings (SSSR count). The summed E-state index contributed by atoms with van der Waals surface area (Å²) in [5.41, 5.74) is 0. The van der Waals surface area contributed by atoms with Crippen LogP contribution in [0.3, 0.4) is 0 Å². The largest absolute Gasteiger partial charge is 0.456 e. The highest BCUT2D eigenvalue weighted by molar-refractivity contribution is 5.70. The number of rotatable bonds is 7. The van der Waals surface area contributed by atoms with E-state index in [2.05, 4.69) is 14.1 Å². The second kappa shape index (κ2) is 9.99. The van der Waals surface area contributed by atoms with E-state index < -0.39 is 0 Å². The number of esters is 2. The molecule has 6 nitrogen and oxygen atoms in total. The van der Waals surface area contributed by atoms with Crippen LogP contribution in [0.25, 0.3) is 0 Å². The van der Waals surface area contributed by atoms with Gasteiger partial charge in [-0.1, -0.05) is 0 Å². The fourth-order valence-corrected chi connectivity index (χ4v) is 3.68. The highest BCUT2D eigenvalue weighted by Gasteiger charge is 2.24. The van der Waals surface area contributed by atoms with Crippen molar-refractivity contribution in [3.05, 3.63) is 0 Å². The fourth-order valence-electron chi connectivity index (χ4n) is 3.68. The third-order valence-electron chi connectivity index (χ3n) is 5.02. The zero-order chi connectivity index (χ0) is 17.4. The van der Waals surface area contributed by atoms with Gasteiger partial charge in [0.1, 0.15) is 13.1 Å². The summed E-state index contributed by atoms with van der Waals surface area (Å²) in [4.78, 5) is 26.6. The van der Waals surface area contributed by atoms with Gasteiger partial charge in [0.15, 0.2) is 12.2 Å². The van der Waals surface area contributed by atoms with Crippen LogP contribution < -0.4 is 9.80 Å². The van der Waals surface area contributed by atoms with Gasteiger partial charge in [-0.2, -0.15) is 0 Å². The second-order valence-electron chi connectivity index (χ2n) is 7.54. The first-order chi connectivity index (χ1) is 11.5.